The maximum Gasteiger partial charge on any atom is 0.472 e. The molecule has 0 radical (unpaired) electrons. The molecule has 9 nitrogen and oxygen atoms in total. The lowest BCUT2D eigenvalue weighted by Crippen LogP contribution is -2.29. The highest BCUT2D eigenvalue weighted by Gasteiger charge is 2.25. The molecule has 0 fully saturated rings. The summed E-state index contributed by atoms with van der Waals surface area (Å²) in [6.45, 7) is 3.56. The molecule has 0 amide bonds. The number of rotatable bonds is 37. The predicted octanol–water partition coefficient (Wildman–Crippen LogP) is 11.3. The van der Waals surface area contributed by atoms with Crippen molar-refractivity contribution in [2.45, 2.75) is 168 Å². The molecule has 0 aromatic heterocycles. The number of phosphoric ester groups is 1. The van der Waals surface area contributed by atoms with Crippen molar-refractivity contribution in [1.29, 1.82) is 0 Å². The van der Waals surface area contributed by atoms with Gasteiger partial charge >= 0.3 is 19.8 Å². The van der Waals surface area contributed by atoms with Crippen LogP contribution in [-0.4, -0.2) is 49.3 Å². The normalized spacial score (nSPS) is 14.0. The van der Waals surface area contributed by atoms with Gasteiger partial charge in [0.05, 0.1) is 13.2 Å². The SMILES string of the molecule is CC/C=C\C/C=C\C/C=C\C/C=C\C/C=C\CCCCCCCC(=O)OC(COC(=O)CCCCCCCCCCCC)COP(=O)(O)OCCN. The van der Waals surface area contributed by atoms with Crippen LogP contribution < -0.4 is 5.73 Å². The highest BCUT2D eigenvalue weighted by atomic mass is 31.2. The summed E-state index contributed by atoms with van der Waals surface area (Å²) in [6.07, 6.45) is 43.9. The van der Waals surface area contributed by atoms with Crippen LogP contribution in [0.4, 0.5) is 0 Å². The van der Waals surface area contributed by atoms with Crippen LogP contribution in [0, 0.1) is 0 Å². The first-order valence-electron chi connectivity index (χ1n) is 20.3. The molecular weight excluding hydrogens is 677 g/mol. The standard InChI is InChI=1S/C42H74NO8P/c1-3-5-7-9-11-13-15-16-17-18-19-20-21-22-23-24-25-27-29-31-33-35-42(45)51-40(39-50-52(46,47)49-37-36-43)38-48-41(44)34-32-30-28-26-14-12-10-8-6-4-2/h5,7,11,13,16-17,19-20,22-23,40H,3-4,6,8-10,12,14-15,18,21,24-39,43H2,1-2H3,(H,46,47)/b7-5-,13-11-,17-16-,20-19-,23-22-. The molecule has 2 atom stereocenters. The number of carbonyl (C=O) groups excluding carboxylic acids is 2. The monoisotopic (exact) mass is 752 g/mol. The summed E-state index contributed by atoms with van der Waals surface area (Å²) >= 11 is 0. The van der Waals surface area contributed by atoms with Gasteiger partial charge in [-0.25, -0.2) is 4.57 Å². The average molecular weight is 752 g/mol. The van der Waals surface area contributed by atoms with Gasteiger partial charge in [0.25, 0.3) is 0 Å². The van der Waals surface area contributed by atoms with Crippen molar-refractivity contribution in [3.63, 3.8) is 0 Å². The molecule has 0 aliphatic heterocycles. The van der Waals surface area contributed by atoms with Crippen LogP contribution >= 0.6 is 7.82 Å². The third-order valence-electron chi connectivity index (χ3n) is 8.17. The van der Waals surface area contributed by atoms with Crippen LogP contribution in [0.1, 0.15) is 162 Å². The molecule has 0 spiro atoms. The molecule has 3 N–H and O–H groups in total. The minimum Gasteiger partial charge on any atom is -0.462 e. The van der Waals surface area contributed by atoms with E-state index in [2.05, 4.69) is 74.6 Å². The lowest BCUT2D eigenvalue weighted by Gasteiger charge is -2.19. The summed E-state index contributed by atoms with van der Waals surface area (Å²) < 4.78 is 32.6. The molecule has 0 saturated heterocycles. The van der Waals surface area contributed by atoms with E-state index in [1.807, 2.05) is 0 Å². The van der Waals surface area contributed by atoms with E-state index in [0.717, 1.165) is 83.5 Å². The van der Waals surface area contributed by atoms with Crippen LogP contribution in [0.3, 0.4) is 0 Å². The first kappa shape index (κ1) is 49.7. The van der Waals surface area contributed by atoms with Crippen LogP contribution in [0.5, 0.6) is 0 Å². The second kappa shape index (κ2) is 38.4. The number of hydrogen-bond donors (Lipinski definition) is 2. The molecule has 52 heavy (non-hydrogen) atoms. The predicted molar refractivity (Wildman–Crippen MR) is 215 cm³/mol. The van der Waals surface area contributed by atoms with Gasteiger partial charge in [-0.15, -0.1) is 0 Å². The molecule has 0 saturated carbocycles. The van der Waals surface area contributed by atoms with Crippen molar-refractivity contribution in [3.05, 3.63) is 60.8 Å². The van der Waals surface area contributed by atoms with Crippen molar-refractivity contribution in [2.75, 3.05) is 26.4 Å². The molecule has 0 rings (SSSR count). The summed E-state index contributed by atoms with van der Waals surface area (Å²) in [5.41, 5.74) is 5.33. The van der Waals surface area contributed by atoms with Crippen molar-refractivity contribution in [3.8, 4) is 0 Å². The van der Waals surface area contributed by atoms with E-state index >= 15 is 0 Å². The van der Waals surface area contributed by atoms with Gasteiger partial charge in [0.1, 0.15) is 6.61 Å². The Bertz CT molecular complexity index is 1040. The number of nitrogens with two attached hydrogens (primary N) is 1. The molecule has 10 heteroatoms. The minimum atomic E-state index is -4.38. The number of allylic oxidation sites excluding steroid dienone is 10. The van der Waals surface area contributed by atoms with Gasteiger partial charge in [0, 0.05) is 19.4 Å². The summed E-state index contributed by atoms with van der Waals surface area (Å²) in [5.74, 6) is -0.856. The molecule has 0 aromatic rings. The summed E-state index contributed by atoms with van der Waals surface area (Å²) in [4.78, 5) is 34.7. The van der Waals surface area contributed by atoms with Crippen LogP contribution in [0.2, 0.25) is 0 Å². The third-order valence-corrected chi connectivity index (χ3v) is 9.15. The number of esters is 2. The number of carbonyl (C=O) groups is 2. The largest absolute Gasteiger partial charge is 0.472 e. The zero-order chi connectivity index (χ0) is 38.2. The number of phosphoric acid groups is 1. The van der Waals surface area contributed by atoms with E-state index in [-0.39, 0.29) is 32.6 Å². The second-order valence-corrected chi connectivity index (χ2v) is 14.6. The van der Waals surface area contributed by atoms with E-state index in [1.54, 1.807) is 0 Å². The fourth-order valence-corrected chi connectivity index (χ4v) is 5.95. The molecule has 0 bridgehead atoms. The molecular formula is C42H74NO8P. The Hall–Kier alpha value is -2.29. The second-order valence-electron chi connectivity index (χ2n) is 13.1. The Kier molecular flexibility index (Phi) is 36.7. The molecule has 0 heterocycles. The number of ether oxygens (including phenoxy) is 2. The molecule has 300 valence electrons. The fourth-order valence-electron chi connectivity index (χ4n) is 5.19. The molecule has 0 aliphatic carbocycles. The van der Waals surface area contributed by atoms with E-state index in [4.69, 9.17) is 24.3 Å². The lowest BCUT2D eigenvalue weighted by molar-refractivity contribution is -0.161. The van der Waals surface area contributed by atoms with E-state index in [9.17, 15) is 19.0 Å². The molecule has 0 aliphatic rings. The van der Waals surface area contributed by atoms with Gasteiger partial charge in [-0.05, 0) is 57.8 Å². The third kappa shape index (κ3) is 37.5. The van der Waals surface area contributed by atoms with Crippen molar-refractivity contribution in [1.82, 2.24) is 0 Å². The highest BCUT2D eigenvalue weighted by molar-refractivity contribution is 7.47. The minimum absolute atomic E-state index is 0.0479. The Morgan fingerprint density at radius 1 is 0.596 bits per heavy atom. The fraction of sp³-hybridized carbons (Fsp3) is 0.714. The van der Waals surface area contributed by atoms with Crippen molar-refractivity contribution in [2.24, 2.45) is 5.73 Å². The van der Waals surface area contributed by atoms with Crippen LogP contribution in [-0.2, 0) is 32.7 Å². The van der Waals surface area contributed by atoms with Gasteiger partial charge in [0.15, 0.2) is 6.10 Å². The topological polar surface area (TPSA) is 134 Å². The number of hydrogen-bond acceptors (Lipinski definition) is 8. The Morgan fingerprint density at radius 2 is 1.06 bits per heavy atom. The Labute approximate surface area is 317 Å². The van der Waals surface area contributed by atoms with Crippen molar-refractivity contribution >= 4 is 19.8 Å². The lowest BCUT2D eigenvalue weighted by atomic mass is 10.1. The number of unbranched alkanes of at least 4 members (excludes halogenated alkanes) is 14. The van der Waals surface area contributed by atoms with Gasteiger partial charge in [-0.1, -0.05) is 152 Å². The first-order chi connectivity index (χ1) is 25.3. The van der Waals surface area contributed by atoms with Gasteiger partial charge in [0.2, 0.25) is 0 Å². The summed E-state index contributed by atoms with van der Waals surface area (Å²) in [6, 6.07) is 0. The zero-order valence-corrected chi connectivity index (χ0v) is 33.7. The Balaban J connectivity index is 4.21. The van der Waals surface area contributed by atoms with Crippen LogP contribution in [0.15, 0.2) is 60.8 Å². The van der Waals surface area contributed by atoms with Crippen molar-refractivity contribution < 1.29 is 37.6 Å². The smallest absolute Gasteiger partial charge is 0.462 e. The maximum atomic E-state index is 12.5. The van der Waals surface area contributed by atoms with Gasteiger partial charge in [-0.2, -0.15) is 0 Å². The van der Waals surface area contributed by atoms with E-state index in [0.29, 0.717) is 6.42 Å². The molecule has 2 unspecified atom stereocenters. The van der Waals surface area contributed by atoms with E-state index < -0.39 is 32.5 Å². The summed E-state index contributed by atoms with van der Waals surface area (Å²) in [5, 5.41) is 0. The van der Waals surface area contributed by atoms with Crippen LogP contribution in [0.25, 0.3) is 0 Å². The first-order valence-corrected chi connectivity index (χ1v) is 21.8. The molecule has 0 aromatic carbocycles. The van der Waals surface area contributed by atoms with Gasteiger partial charge in [-0.3, -0.25) is 18.6 Å². The maximum absolute atomic E-state index is 12.5. The quantitative estimate of drug-likeness (QED) is 0.0275. The summed E-state index contributed by atoms with van der Waals surface area (Å²) in [7, 11) is -4.38. The average Bonchev–Trinajstić information content (AvgIpc) is 3.13. The Morgan fingerprint density at radius 3 is 1.58 bits per heavy atom. The van der Waals surface area contributed by atoms with Gasteiger partial charge < -0.3 is 20.1 Å². The highest BCUT2D eigenvalue weighted by Crippen LogP contribution is 2.43. The zero-order valence-electron chi connectivity index (χ0n) is 32.8. The van der Waals surface area contributed by atoms with E-state index in [1.165, 1.54) is 44.9 Å².